The van der Waals surface area contributed by atoms with Crippen molar-refractivity contribution in [3.8, 4) is 0 Å². The SMILES string of the molecule is CCCC[N+](C)(CCC)CCOC. The Balaban J connectivity index is 3.84. The molecule has 0 saturated carbocycles. The molecular weight excluding hydrogens is 162 g/mol. The van der Waals surface area contributed by atoms with Gasteiger partial charge in [-0.05, 0) is 12.8 Å². The summed E-state index contributed by atoms with van der Waals surface area (Å²) in [5, 5.41) is 0. The van der Waals surface area contributed by atoms with Gasteiger partial charge in [0.15, 0.2) is 0 Å². The zero-order valence-electron chi connectivity index (χ0n) is 9.81. The maximum Gasteiger partial charge on any atom is 0.102 e. The number of nitrogens with zero attached hydrogens (tertiary/aromatic N) is 1. The molecule has 0 fully saturated rings. The van der Waals surface area contributed by atoms with Gasteiger partial charge in [-0.25, -0.2) is 0 Å². The summed E-state index contributed by atoms with van der Waals surface area (Å²) in [6.45, 7) is 9.14. The van der Waals surface area contributed by atoms with E-state index in [1.165, 1.54) is 36.8 Å². The van der Waals surface area contributed by atoms with Crippen molar-refractivity contribution in [1.29, 1.82) is 0 Å². The predicted octanol–water partition coefficient (Wildman–Crippen LogP) is 2.29. The van der Waals surface area contributed by atoms with Crippen LogP contribution in [0.25, 0.3) is 0 Å². The molecule has 0 aromatic heterocycles. The van der Waals surface area contributed by atoms with Gasteiger partial charge in [-0.15, -0.1) is 0 Å². The van der Waals surface area contributed by atoms with Crippen LogP contribution in [0.3, 0.4) is 0 Å². The van der Waals surface area contributed by atoms with E-state index in [1.54, 1.807) is 7.11 Å². The molecule has 1 atom stereocenters. The summed E-state index contributed by atoms with van der Waals surface area (Å²) >= 11 is 0. The molecule has 0 radical (unpaired) electrons. The Morgan fingerprint density at radius 2 is 1.69 bits per heavy atom. The Kier molecular flexibility index (Phi) is 7.29. The summed E-state index contributed by atoms with van der Waals surface area (Å²) in [6.07, 6.45) is 3.90. The van der Waals surface area contributed by atoms with Gasteiger partial charge in [-0.2, -0.15) is 0 Å². The highest BCUT2D eigenvalue weighted by Gasteiger charge is 2.18. The van der Waals surface area contributed by atoms with E-state index in [1.807, 2.05) is 0 Å². The van der Waals surface area contributed by atoms with Gasteiger partial charge >= 0.3 is 0 Å². The summed E-state index contributed by atoms with van der Waals surface area (Å²) in [5.41, 5.74) is 0. The Labute approximate surface area is 83.5 Å². The fourth-order valence-corrected chi connectivity index (χ4v) is 1.73. The highest BCUT2D eigenvalue weighted by Crippen LogP contribution is 2.06. The molecule has 2 heteroatoms. The van der Waals surface area contributed by atoms with Gasteiger partial charge in [0.25, 0.3) is 0 Å². The molecule has 0 rings (SSSR count). The van der Waals surface area contributed by atoms with E-state index in [0.29, 0.717) is 0 Å². The molecule has 0 aliphatic rings. The first-order valence-electron chi connectivity index (χ1n) is 5.51. The molecule has 1 unspecified atom stereocenters. The standard InChI is InChI=1S/C11H26NO/c1-5-7-9-12(3,8-6-2)10-11-13-4/h5-11H2,1-4H3/q+1. The second kappa shape index (κ2) is 7.34. The summed E-state index contributed by atoms with van der Waals surface area (Å²) in [4.78, 5) is 0. The maximum atomic E-state index is 5.15. The van der Waals surface area contributed by atoms with E-state index < -0.39 is 0 Å². The molecule has 2 nitrogen and oxygen atoms in total. The second-order valence-corrected chi connectivity index (χ2v) is 4.14. The molecule has 0 aromatic rings. The molecule has 0 bridgehead atoms. The number of rotatable bonds is 8. The van der Waals surface area contributed by atoms with Crippen LogP contribution in [0.2, 0.25) is 0 Å². The van der Waals surface area contributed by atoms with Crippen LogP contribution < -0.4 is 0 Å². The first kappa shape index (κ1) is 12.9. The molecule has 0 amide bonds. The van der Waals surface area contributed by atoms with Gasteiger partial charge in [0.05, 0.1) is 26.7 Å². The van der Waals surface area contributed by atoms with Crippen LogP contribution in [0.4, 0.5) is 0 Å². The van der Waals surface area contributed by atoms with Gasteiger partial charge in [0.2, 0.25) is 0 Å². The molecule has 0 aliphatic heterocycles. The Morgan fingerprint density at radius 1 is 1.00 bits per heavy atom. The zero-order chi connectivity index (χ0) is 10.2. The van der Waals surface area contributed by atoms with Crippen molar-refractivity contribution < 1.29 is 9.22 Å². The van der Waals surface area contributed by atoms with E-state index in [4.69, 9.17) is 4.74 Å². The topological polar surface area (TPSA) is 9.23 Å². The molecule has 13 heavy (non-hydrogen) atoms. The molecule has 0 aliphatic carbocycles. The molecule has 80 valence electrons. The fraction of sp³-hybridized carbons (Fsp3) is 1.00. The first-order chi connectivity index (χ1) is 6.18. The Bertz CT molecular complexity index is 107. The lowest BCUT2D eigenvalue weighted by Crippen LogP contribution is -2.47. The van der Waals surface area contributed by atoms with Crippen molar-refractivity contribution in [3.05, 3.63) is 0 Å². The lowest BCUT2D eigenvalue weighted by Gasteiger charge is -2.34. The largest absolute Gasteiger partial charge is 0.379 e. The van der Waals surface area contributed by atoms with Crippen molar-refractivity contribution >= 4 is 0 Å². The van der Waals surface area contributed by atoms with E-state index in [9.17, 15) is 0 Å². The summed E-state index contributed by atoms with van der Waals surface area (Å²) < 4.78 is 6.33. The third kappa shape index (κ3) is 6.05. The van der Waals surface area contributed by atoms with E-state index in [0.717, 1.165) is 13.2 Å². The Hall–Kier alpha value is -0.0800. The van der Waals surface area contributed by atoms with E-state index >= 15 is 0 Å². The van der Waals surface area contributed by atoms with Crippen molar-refractivity contribution in [2.75, 3.05) is 40.4 Å². The lowest BCUT2D eigenvalue weighted by molar-refractivity contribution is -0.910. The zero-order valence-corrected chi connectivity index (χ0v) is 9.81. The van der Waals surface area contributed by atoms with Gasteiger partial charge in [0, 0.05) is 7.11 Å². The van der Waals surface area contributed by atoms with Crippen molar-refractivity contribution in [2.24, 2.45) is 0 Å². The van der Waals surface area contributed by atoms with Gasteiger partial charge in [0.1, 0.15) is 6.54 Å². The minimum absolute atomic E-state index is 0.889. The minimum Gasteiger partial charge on any atom is -0.379 e. The predicted molar refractivity (Wildman–Crippen MR) is 57.9 cm³/mol. The smallest absolute Gasteiger partial charge is 0.102 e. The highest BCUT2D eigenvalue weighted by atomic mass is 16.5. The number of methoxy groups -OCH3 is 1. The maximum absolute atomic E-state index is 5.15. The van der Waals surface area contributed by atoms with Crippen LogP contribution in [0, 0.1) is 0 Å². The van der Waals surface area contributed by atoms with Crippen LogP contribution in [0.5, 0.6) is 0 Å². The molecule has 0 saturated heterocycles. The summed E-state index contributed by atoms with van der Waals surface area (Å²) in [6, 6.07) is 0. The van der Waals surface area contributed by atoms with Crippen LogP contribution in [0.1, 0.15) is 33.1 Å². The average molecular weight is 188 g/mol. The highest BCUT2D eigenvalue weighted by molar-refractivity contribution is 4.41. The van der Waals surface area contributed by atoms with Gasteiger partial charge < -0.3 is 9.22 Å². The number of unbranched alkanes of at least 4 members (excludes halogenated alkanes) is 1. The molecule has 0 N–H and O–H groups in total. The van der Waals surface area contributed by atoms with E-state index in [2.05, 4.69) is 20.9 Å². The Morgan fingerprint density at radius 3 is 2.15 bits per heavy atom. The summed E-state index contributed by atoms with van der Waals surface area (Å²) in [5.74, 6) is 0. The normalized spacial score (nSPS) is 15.7. The number of quaternary nitrogens is 1. The fourth-order valence-electron chi connectivity index (χ4n) is 1.73. The lowest BCUT2D eigenvalue weighted by atomic mass is 10.2. The van der Waals surface area contributed by atoms with Crippen molar-refractivity contribution in [3.63, 3.8) is 0 Å². The van der Waals surface area contributed by atoms with Crippen LogP contribution in [-0.4, -0.2) is 44.9 Å². The van der Waals surface area contributed by atoms with Crippen LogP contribution in [0.15, 0.2) is 0 Å². The molecule has 0 aromatic carbocycles. The van der Waals surface area contributed by atoms with Crippen LogP contribution >= 0.6 is 0 Å². The quantitative estimate of drug-likeness (QED) is 0.531. The number of ether oxygens (including phenoxy) is 1. The average Bonchev–Trinajstić information content (AvgIpc) is 2.12. The number of hydrogen-bond acceptors (Lipinski definition) is 1. The van der Waals surface area contributed by atoms with Crippen molar-refractivity contribution in [1.82, 2.24) is 0 Å². The summed E-state index contributed by atoms with van der Waals surface area (Å²) in [7, 11) is 4.13. The molecule has 0 spiro atoms. The van der Waals surface area contributed by atoms with Gasteiger partial charge in [-0.1, -0.05) is 20.3 Å². The second-order valence-electron chi connectivity index (χ2n) is 4.14. The van der Waals surface area contributed by atoms with Crippen LogP contribution in [-0.2, 0) is 4.74 Å². The number of likely N-dealkylation sites (N-methyl/N-ethyl adjacent to an activating group) is 1. The third-order valence-corrected chi connectivity index (χ3v) is 2.65. The minimum atomic E-state index is 0.889. The third-order valence-electron chi connectivity index (χ3n) is 2.65. The van der Waals surface area contributed by atoms with Gasteiger partial charge in [-0.3, -0.25) is 0 Å². The van der Waals surface area contributed by atoms with Crippen molar-refractivity contribution in [2.45, 2.75) is 33.1 Å². The number of hydrogen-bond donors (Lipinski definition) is 0. The molecule has 0 heterocycles. The monoisotopic (exact) mass is 188 g/mol. The first-order valence-corrected chi connectivity index (χ1v) is 5.51. The van der Waals surface area contributed by atoms with E-state index in [-0.39, 0.29) is 0 Å². The molecular formula is C11H26NO+.